The fourth-order valence-electron chi connectivity index (χ4n) is 6.06. The van der Waals surface area contributed by atoms with E-state index in [1.165, 1.54) is 32.1 Å². The number of ether oxygens (including phenoxy) is 1. The maximum atomic E-state index is 13.2. The van der Waals surface area contributed by atoms with E-state index in [-0.39, 0.29) is 18.2 Å². The second-order valence-electron chi connectivity index (χ2n) is 9.03. The lowest BCUT2D eigenvalue weighted by atomic mass is 9.51. The summed E-state index contributed by atoms with van der Waals surface area (Å²) in [4.78, 5) is 24.6. The molecule has 4 aliphatic carbocycles. The van der Waals surface area contributed by atoms with Gasteiger partial charge in [0.15, 0.2) is 0 Å². The third kappa shape index (κ3) is 4.03. The molecule has 1 amide bonds. The molecule has 1 aromatic carbocycles. The van der Waals surface area contributed by atoms with Crippen molar-refractivity contribution in [3.63, 3.8) is 0 Å². The predicted octanol–water partition coefficient (Wildman–Crippen LogP) is 4.18. The van der Waals surface area contributed by atoms with E-state index in [0.29, 0.717) is 18.4 Å². The molecule has 0 unspecified atom stereocenters. The maximum Gasteiger partial charge on any atom is 0.305 e. The number of aliphatic carboxylic acids is 1. The first-order valence-corrected chi connectivity index (χ1v) is 10.8. The van der Waals surface area contributed by atoms with Gasteiger partial charge in [0.2, 0.25) is 5.91 Å². The van der Waals surface area contributed by atoms with Crippen LogP contribution in [0.4, 0.5) is 0 Å². The number of hydrogen-bond acceptors (Lipinski definition) is 3. The minimum absolute atomic E-state index is 0.0614. The van der Waals surface area contributed by atoms with Crippen LogP contribution >= 0.6 is 0 Å². The molecule has 5 rings (SSSR count). The number of carboxylic acid groups (broad SMARTS) is 1. The summed E-state index contributed by atoms with van der Waals surface area (Å²) in [6, 6.07) is 6.96. The van der Waals surface area contributed by atoms with E-state index in [0.717, 1.165) is 29.6 Å². The van der Waals surface area contributed by atoms with Crippen LogP contribution in [0, 0.1) is 29.6 Å². The third-order valence-electron chi connectivity index (χ3n) is 6.98. The van der Waals surface area contributed by atoms with Crippen LogP contribution in [-0.4, -0.2) is 23.6 Å². The summed E-state index contributed by atoms with van der Waals surface area (Å²) in [6.45, 7) is 2.71. The lowest BCUT2D eigenvalue weighted by Gasteiger charge is -2.53. The summed E-state index contributed by atoms with van der Waals surface area (Å²) in [5.74, 6) is 2.61. The monoisotopic (exact) mass is 385 g/mol. The van der Waals surface area contributed by atoms with Crippen LogP contribution in [0.2, 0.25) is 0 Å². The van der Waals surface area contributed by atoms with Crippen LogP contribution in [0.1, 0.15) is 63.5 Å². The largest absolute Gasteiger partial charge is 0.494 e. The molecule has 0 heterocycles. The second kappa shape index (κ2) is 8.14. The van der Waals surface area contributed by atoms with Crippen molar-refractivity contribution < 1.29 is 19.4 Å². The van der Waals surface area contributed by atoms with E-state index in [1.807, 2.05) is 24.3 Å². The molecule has 0 radical (unpaired) electrons. The van der Waals surface area contributed by atoms with E-state index in [4.69, 9.17) is 4.74 Å². The number of benzene rings is 1. The summed E-state index contributed by atoms with van der Waals surface area (Å²) in [5.41, 5.74) is 0.823. The number of rotatable bonds is 8. The summed E-state index contributed by atoms with van der Waals surface area (Å²) in [5, 5.41) is 12.5. The molecule has 4 aliphatic rings. The van der Waals surface area contributed by atoms with Gasteiger partial charge in [0.05, 0.1) is 19.1 Å². The number of carboxylic acids is 1. The Labute approximate surface area is 166 Å². The topological polar surface area (TPSA) is 75.6 Å². The van der Waals surface area contributed by atoms with E-state index >= 15 is 0 Å². The fourth-order valence-corrected chi connectivity index (χ4v) is 6.06. The van der Waals surface area contributed by atoms with Crippen LogP contribution in [-0.2, 0) is 9.59 Å². The molecule has 4 saturated carbocycles. The maximum absolute atomic E-state index is 13.2. The Morgan fingerprint density at radius 1 is 1.07 bits per heavy atom. The lowest BCUT2D eigenvalue weighted by Crippen LogP contribution is -2.51. The van der Waals surface area contributed by atoms with E-state index in [2.05, 4.69) is 12.2 Å². The van der Waals surface area contributed by atoms with Gasteiger partial charge < -0.3 is 15.2 Å². The van der Waals surface area contributed by atoms with Gasteiger partial charge in [0, 0.05) is 5.92 Å². The summed E-state index contributed by atoms with van der Waals surface area (Å²) >= 11 is 0. The lowest BCUT2D eigenvalue weighted by molar-refractivity contribution is -0.140. The minimum Gasteiger partial charge on any atom is -0.494 e. The number of amides is 1. The van der Waals surface area contributed by atoms with Crippen LogP contribution in [0.3, 0.4) is 0 Å². The average Bonchev–Trinajstić information content (AvgIpc) is 2.65. The van der Waals surface area contributed by atoms with Gasteiger partial charge in [0.1, 0.15) is 5.75 Å². The van der Waals surface area contributed by atoms with Gasteiger partial charge in [-0.1, -0.05) is 19.1 Å². The highest BCUT2D eigenvalue weighted by Crippen LogP contribution is 2.56. The first kappa shape index (κ1) is 19.3. The van der Waals surface area contributed by atoms with Crippen LogP contribution in [0.15, 0.2) is 24.3 Å². The standard InChI is InChI=1S/C23H31NO4/c1-2-7-28-19-5-3-16(4-6-19)20(13-21(25)26)24-23(27)22-17-9-14-8-15(11-17)12-18(22)10-14/h3-6,14-15,17-18,20,22H,2,7-13H2,1H3,(H,24,27)(H,25,26)/t14?,15?,17?,18?,20-,22?/m1/s1. The van der Waals surface area contributed by atoms with Gasteiger partial charge in [-0.2, -0.15) is 0 Å². The average molecular weight is 386 g/mol. The van der Waals surface area contributed by atoms with Crippen LogP contribution in [0.25, 0.3) is 0 Å². The molecule has 5 heteroatoms. The summed E-state index contributed by atoms with van der Waals surface area (Å²) in [7, 11) is 0. The first-order valence-electron chi connectivity index (χ1n) is 10.8. The molecular weight excluding hydrogens is 354 g/mol. The van der Waals surface area contributed by atoms with E-state index in [1.54, 1.807) is 0 Å². The van der Waals surface area contributed by atoms with Crippen molar-refractivity contribution in [1.82, 2.24) is 5.32 Å². The number of carbonyl (C=O) groups is 2. The van der Waals surface area contributed by atoms with Crippen molar-refractivity contribution >= 4 is 11.9 Å². The molecule has 0 saturated heterocycles. The Morgan fingerprint density at radius 3 is 2.21 bits per heavy atom. The van der Waals surface area contributed by atoms with Crippen molar-refractivity contribution in [3.8, 4) is 5.75 Å². The molecule has 1 aromatic rings. The molecule has 0 aliphatic heterocycles. The van der Waals surface area contributed by atoms with Crippen molar-refractivity contribution in [2.24, 2.45) is 29.6 Å². The van der Waals surface area contributed by atoms with Gasteiger partial charge in [-0.3, -0.25) is 9.59 Å². The molecule has 5 nitrogen and oxygen atoms in total. The molecule has 1 atom stereocenters. The summed E-state index contributed by atoms with van der Waals surface area (Å²) < 4.78 is 5.61. The molecule has 28 heavy (non-hydrogen) atoms. The Balaban J connectivity index is 1.46. The smallest absolute Gasteiger partial charge is 0.305 e. The molecule has 0 spiro atoms. The van der Waals surface area contributed by atoms with E-state index in [9.17, 15) is 14.7 Å². The molecule has 4 bridgehead atoms. The van der Waals surface area contributed by atoms with Gasteiger partial charge in [0.25, 0.3) is 0 Å². The third-order valence-corrected chi connectivity index (χ3v) is 6.98. The van der Waals surface area contributed by atoms with Crippen molar-refractivity contribution in [1.29, 1.82) is 0 Å². The van der Waals surface area contributed by atoms with Crippen LogP contribution < -0.4 is 10.1 Å². The SMILES string of the molecule is CCCOc1ccc([C@@H](CC(=O)O)NC(=O)C2C3CC4CC(C3)CC2C4)cc1. The summed E-state index contributed by atoms with van der Waals surface area (Å²) in [6.07, 6.45) is 6.90. The van der Waals surface area contributed by atoms with Gasteiger partial charge in [-0.05, 0) is 79.9 Å². The molecule has 4 fully saturated rings. The fraction of sp³-hybridized carbons (Fsp3) is 0.652. The molecule has 0 aromatic heterocycles. The first-order chi connectivity index (χ1) is 13.5. The van der Waals surface area contributed by atoms with E-state index < -0.39 is 12.0 Å². The second-order valence-corrected chi connectivity index (χ2v) is 9.03. The quantitative estimate of drug-likeness (QED) is 0.704. The van der Waals surface area contributed by atoms with Crippen molar-refractivity contribution in [2.75, 3.05) is 6.61 Å². The molecule has 152 valence electrons. The van der Waals surface area contributed by atoms with Gasteiger partial charge in [-0.25, -0.2) is 0 Å². The van der Waals surface area contributed by atoms with Crippen LogP contribution in [0.5, 0.6) is 5.75 Å². The molecule has 2 N–H and O–H groups in total. The number of carbonyl (C=O) groups excluding carboxylic acids is 1. The molecular formula is C23H31NO4. The Morgan fingerprint density at radius 2 is 1.68 bits per heavy atom. The highest BCUT2D eigenvalue weighted by Gasteiger charge is 2.50. The highest BCUT2D eigenvalue weighted by molar-refractivity contribution is 5.81. The van der Waals surface area contributed by atoms with Gasteiger partial charge >= 0.3 is 5.97 Å². The Hall–Kier alpha value is -2.04. The van der Waals surface area contributed by atoms with Gasteiger partial charge in [-0.15, -0.1) is 0 Å². The zero-order valence-corrected chi connectivity index (χ0v) is 16.6. The number of hydrogen-bond donors (Lipinski definition) is 2. The number of nitrogens with one attached hydrogen (secondary N) is 1. The Bertz CT molecular complexity index is 686. The highest BCUT2D eigenvalue weighted by atomic mass is 16.5. The minimum atomic E-state index is -0.901. The predicted molar refractivity (Wildman–Crippen MR) is 106 cm³/mol. The Kier molecular flexibility index (Phi) is 5.61. The normalized spacial score (nSPS) is 31.4. The van der Waals surface area contributed by atoms with Crippen molar-refractivity contribution in [3.05, 3.63) is 29.8 Å². The zero-order chi connectivity index (χ0) is 19.7. The zero-order valence-electron chi connectivity index (χ0n) is 16.6. The van der Waals surface area contributed by atoms with Crippen molar-refractivity contribution in [2.45, 2.75) is 57.9 Å².